The van der Waals surface area contributed by atoms with Crippen molar-refractivity contribution >= 4 is 11.9 Å². The van der Waals surface area contributed by atoms with Crippen LogP contribution in [-0.4, -0.2) is 22.2 Å². The van der Waals surface area contributed by atoms with E-state index in [1.807, 2.05) is 0 Å². The van der Waals surface area contributed by atoms with Crippen molar-refractivity contribution < 1.29 is 39.3 Å². The van der Waals surface area contributed by atoms with E-state index in [0.717, 1.165) is 25.7 Å². The molecule has 27 heavy (non-hydrogen) atoms. The van der Waals surface area contributed by atoms with Crippen molar-refractivity contribution in [2.75, 3.05) is 0 Å². The average Bonchev–Trinajstić information content (AvgIpc) is 2.60. The van der Waals surface area contributed by atoms with Crippen LogP contribution in [0.25, 0.3) is 0 Å². The van der Waals surface area contributed by atoms with Gasteiger partial charge in [0, 0.05) is 31.6 Å². The monoisotopic (exact) mass is 432 g/mol. The van der Waals surface area contributed by atoms with Gasteiger partial charge >= 0.3 is 11.9 Å². The maximum absolute atomic E-state index is 10.1. The number of unbranched alkanes of at least 4 members (excludes halogenated alkanes) is 12. The van der Waals surface area contributed by atoms with Crippen LogP contribution in [0, 0.1) is 0 Å². The second-order valence-electron chi connectivity index (χ2n) is 6.59. The molecule has 0 aromatic carbocycles. The van der Waals surface area contributed by atoms with Crippen LogP contribution < -0.4 is 0 Å². The molecule has 5 heteroatoms. The van der Waals surface area contributed by atoms with Crippen LogP contribution in [0.1, 0.15) is 104 Å². The first-order valence-corrected chi connectivity index (χ1v) is 10.3. The molecule has 0 aliphatic rings. The van der Waals surface area contributed by atoms with E-state index in [1.54, 1.807) is 12.2 Å². The molecule has 0 heterocycles. The summed E-state index contributed by atoms with van der Waals surface area (Å²) in [7, 11) is 0. The zero-order chi connectivity index (χ0) is 19.9. The van der Waals surface area contributed by atoms with Gasteiger partial charge in [-0.25, -0.2) is 9.59 Å². The van der Waals surface area contributed by atoms with Crippen LogP contribution in [0.2, 0.25) is 0 Å². The van der Waals surface area contributed by atoms with Crippen LogP contribution >= 0.6 is 0 Å². The average molecular weight is 434 g/mol. The summed E-state index contributed by atoms with van der Waals surface area (Å²) < 4.78 is 0. The van der Waals surface area contributed by atoms with Gasteiger partial charge in [0.25, 0.3) is 0 Å². The minimum absolute atomic E-state index is 0. The molecule has 0 rings (SSSR count). The summed E-state index contributed by atoms with van der Waals surface area (Å²) in [5.41, 5.74) is 0. The molecule has 2 N–H and O–H groups in total. The molecular formula is C22H40O4Zn. The van der Waals surface area contributed by atoms with E-state index in [2.05, 4.69) is 13.8 Å². The number of allylic oxidation sites excluding steroid dienone is 2. The van der Waals surface area contributed by atoms with Gasteiger partial charge in [0.15, 0.2) is 0 Å². The Morgan fingerprint density at radius 1 is 0.593 bits per heavy atom. The third-order valence-electron chi connectivity index (χ3n) is 3.97. The molecule has 0 aliphatic heterocycles. The van der Waals surface area contributed by atoms with E-state index in [9.17, 15) is 9.59 Å². The minimum Gasteiger partial charge on any atom is -0.478 e. The molecule has 0 saturated heterocycles. The maximum atomic E-state index is 10.1. The van der Waals surface area contributed by atoms with Crippen molar-refractivity contribution in [3.8, 4) is 0 Å². The molecule has 0 amide bonds. The molecule has 0 aromatic rings. The molecule has 0 bridgehead atoms. The first kappa shape index (κ1) is 30.8. The van der Waals surface area contributed by atoms with Crippen LogP contribution in [-0.2, 0) is 29.1 Å². The first-order valence-electron chi connectivity index (χ1n) is 10.3. The Labute approximate surface area is 179 Å². The smallest absolute Gasteiger partial charge is 0.327 e. The van der Waals surface area contributed by atoms with Crippen molar-refractivity contribution in [2.45, 2.75) is 104 Å². The SMILES string of the molecule is CCCCCCCC/C=C/C(=O)O.CCCCCCCC/C=C/C(=O)O.[Zn]. The largest absolute Gasteiger partial charge is 0.478 e. The van der Waals surface area contributed by atoms with E-state index in [0.29, 0.717) is 0 Å². The molecule has 154 valence electrons. The van der Waals surface area contributed by atoms with Gasteiger partial charge in [0.05, 0.1) is 0 Å². The van der Waals surface area contributed by atoms with Gasteiger partial charge in [-0.3, -0.25) is 0 Å². The quantitative estimate of drug-likeness (QED) is 0.160. The van der Waals surface area contributed by atoms with Crippen molar-refractivity contribution in [1.29, 1.82) is 0 Å². The van der Waals surface area contributed by atoms with Crippen LogP contribution in [0.3, 0.4) is 0 Å². The van der Waals surface area contributed by atoms with Gasteiger partial charge in [-0.1, -0.05) is 90.2 Å². The van der Waals surface area contributed by atoms with E-state index < -0.39 is 11.9 Å². The predicted molar refractivity (Wildman–Crippen MR) is 110 cm³/mol. The zero-order valence-electron chi connectivity index (χ0n) is 17.6. The Morgan fingerprint density at radius 2 is 0.889 bits per heavy atom. The van der Waals surface area contributed by atoms with Crippen molar-refractivity contribution in [1.82, 2.24) is 0 Å². The van der Waals surface area contributed by atoms with Gasteiger partial charge in [-0.05, 0) is 25.7 Å². The molecular weight excluding hydrogens is 394 g/mol. The summed E-state index contributed by atoms with van der Waals surface area (Å²) >= 11 is 0. The third-order valence-corrected chi connectivity index (χ3v) is 3.97. The summed E-state index contributed by atoms with van der Waals surface area (Å²) in [5, 5.41) is 16.6. The Bertz CT molecular complexity index is 343. The molecule has 0 saturated carbocycles. The van der Waals surface area contributed by atoms with Crippen LogP contribution in [0.15, 0.2) is 24.3 Å². The predicted octanol–water partition coefficient (Wildman–Crippen LogP) is 6.75. The Morgan fingerprint density at radius 3 is 1.19 bits per heavy atom. The Hall–Kier alpha value is -0.957. The number of carboxylic acids is 2. The molecule has 0 unspecified atom stereocenters. The second-order valence-corrected chi connectivity index (χ2v) is 6.59. The molecule has 4 nitrogen and oxygen atoms in total. The van der Waals surface area contributed by atoms with Gasteiger partial charge in [-0.15, -0.1) is 0 Å². The summed E-state index contributed by atoms with van der Waals surface area (Å²) in [4.78, 5) is 20.2. The number of hydrogen-bond acceptors (Lipinski definition) is 2. The molecule has 0 atom stereocenters. The van der Waals surface area contributed by atoms with E-state index in [4.69, 9.17) is 10.2 Å². The molecule has 0 spiro atoms. The zero-order valence-corrected chi connectivity index (χ0v) is 20.6. The number of carbonyl (C=O) groups is 2. The number of hydrogen-bond donors (Lipinski definition) is 2. The molecule has 0 aromatic heterocycles. The van der Waals surface area contributed by atoms with Gasteiger partial charge in [0.2, 0.25) is 0 Å². The van der Waals surface area contributed by atoms with E-state index in [-0.39, 0.29) is 19.5 Å². The van der Waals surface area contributed by atoms with Gasteiger partial charge in [0.1, 0.15) is 0 Å². The first-order chi connectivity index (χ1) is 12.5. The van der Waals surface area contributed by atoms with Crippen molar-refractivity contribution in [2.24, 2.45) is 0 Å². The molecule has 0 aliphatic carbocycles. The number of rotatable bonds is 16. The van der Waals surface area contributed by atoms with Gasteiger partial charge < -0.3 is 10.2 Å². The summed E-state index contributed by atoms with van der Waals surface area (Å²) in [6, 6.07) is 0. The topological polar surface area (TPSA) is 74.6 Å². The van der Waals surface area contributed by atoms with E-state index in [1.165, 1.54) is 76.4 Å². The Balaban J connectivity index is -0.000000411. The van der Waals surface area contributed by atoms with Crippen molar-refractivity contribution in [3.05, 3.63) is 24.3 Å². The number of aliphatic carboxylic acids is 2. The van der Waals surface area contributed by atoms with Gasteiger partial charge in [-0.2, -0.15) is 0 Å². The summed E-state index contributed by atoms with van der Waals surface area (Å²) in [6.07, 6.45) is 22.8. The molecule has 0 fully saturated rings. The third kappa shape index (κ3) is 36.7. The normalized spacial score (nSPS) is 10.4. The summed E-state index contributed by atoms with van der Waals surface area (Å²) in [5.74, 6) is -1.68. The van der Waals surface area contributed by atoms with E-state index >= 15 is 0 Å². The van der Waals surface area contributed by atoms with Crippen LogP contribution in [0.4, 0.5) is 0 Å². The fraction of sp³-hybridized carbons (Fsp3) is 0.727. The number of carboxylic acid groups (broad SMARTS) is 2. The Kier molecular flexibility index (Phi) is 31.1. The fourth-order valence-electron chi connectivity index (χ4n) is 2.45. The minimum atomic E-state index is -0.842. The molecule has 0 radical (unpaired) electrons. The van der Waals surface area contributed by atoms with Crippen molar-refractivity contribution in [3.63, 3.8) is 0 Å². The fourth-order valence-corrected chi connectivity index (χ4v) is 2.45. The van der Waals surface area contributed by atoms with Crippen LogP contribution in [0.5, 0.6) is 0 Å². The standard InChI is InChI=1S/2C11H20O2.Zn/c2*1-2-3-4-5-6-7-8-9-10-11(12)13;/h2*9-10H,2-8H2,1H3,(H,12,13);/b2*10-9+;. The maximum Gasteiger partial charge on any atom is 0.327 e. The summed E-state index contributed by atoms with van der Waals surface area (Å²) in [6.45, 7) is 4.41. The second kappa shape index (κ2) is 27.3.